The molecular weight excluding hydrogens is 625 g/mol. The fourth-order valence-corrected chi connectivity index (χ4v) is 6.64. The summed E-state index contributed by atoms with van der Waals surface area (Å²) in [5.74, 6) is 0.537. The Bertz CT molecular complexity index is 1630. The van der Waals surface area contributed by atoms with Gasteiger partial charge in [0.25, 0.3) is 0 Å². The molecule has 1 fully saturated rings. The summed E-state index contributed by atoms with van der Waals surface area (Å²) >= 11 is 12.7. The number of urea groups is 1. The number of aliphatic hydroxyl groups is 1. The van der Waals surface area contributed by atoms with Gasteiger partial charge >= 0.3 is 6.03 Å². The van der Waals surface area contributed by atoms with E-state index in [1.807, 2.05) is 92.4 Å². The molecule has 0 bridgehead atoms. The summed E-state index contributed by atoms with van der Waals surface area (Å²) in [4.78, 5) is 37.5. The summed E-state index contributed by atoms with van der Waals surface area (Å²) in [7, 11) is 0. The highest BCUT2D eigenvalue weighted by atomic mass is 35.5. The fraction of sp³-hybridized carbons (Fsp3) is 0.400. The van der Waals surface area contributed by atoms with Crippen LogP contribution in [-0.2, 0) is 21.5 Å². The summed E-state index contributed by atoms with van der Waals surface area (Å²) in [5.41, 5.74) is 5.27. The van der Waals surface area contributed by atoms with Gasteiger partial charge in [0.05, 0.1) is 24.3 Å². The lowest BCUT2D eigenvalue weighted by atomic mass is 9.71. The first-order valence-electron chi connectivity index (χ1n) is 15.4. The van der Waals surface area contributed by atoms with Crippen LogP contribution in [-0.4, -0.2) is 76.9 Å². The summed E-state index contributed by atoms with van der Waals surface area (Å²) in [6.07, 6.45) is 0. The number of aliphatic imine (C=N–C) groups is 1. The van der Waals surface area contributed by atoms with E-state index in [4.69, 9.17) is 38.7 Å². The van der Waals surface area contributed by atoms with E-state index in [9.17, 15) is 14.7 Å². The Balaban J connectivity index is 1.73. The zero-order valence-corrected chi connectivity index (χ0v) is 28.4. The molecule has 244 valence electrons. The minimum atomic E-state index is -1.11. The largest absolute Gasteiger partial charge is 0.493 e. The van der Waals surface area contributed by atoms with Crippen LogP contribution >= 0.6 is 23.2 Å². The van der Waals surface area contributed by atoms with E-state index in [2.05, 4.69) is 0 Å². The summed E-state index contributed by atoms with van der Waals surface area (Å²) < 4.78 is 6.16. The molecule has 2 heterocycles. The first-order valence-corrected chi connectivity index (χ1v) is 16.2. The number of hydrogen-bond donors (Lipinski definition) is 2. The van der Waals surface area contributed by atoms with Crippen molar-refractivity contribution in [2.24, 2.45) is 10.7 Å². The van der Waals surface area contributed by atoms with Crippen molar-refractivity contribution in [2.45, 2.75) is 51.3 Å². The molecule has 11 heteroatoms. The Hall–Kier alpha value is -3.63. The van der Waals surface area contributed by atoms with Gasteiger partial charge < -0.3 is 20.5 Å². The predicted molar refractivity (Wildman–Crippen MR) is 181 cm³/mol. The molecule has 0 unspecified atom stereocenters. The first kappa shape index (κ1) is 33.7. The maximum Gasteiger partial charge on any atom is 0.326 e. The number of ether oxygens (including phenoxy) is 1. The number of carbonyl (C=O) groups is 2. The molecule has 1 saturated heterocycles. The van der Waals surface area contributed by atoms with Gasteiger partial charge in [0.2, 0.25) is 5.91 Å². The maximum atomic E-state index is 15.0. The van der Waals surface area contributed by atoms with E-state index in [1.54, 1.807) is 23.6 Å². The average Bonchev–Trinajstić information content (AvgIpc) is 3.25. The Labute approximate surface area is 280 Å². The van der Waals surface area contributed by atoms with Crippen LogP contribution in [0.5, 0.6) is 5.75 Å². The Morgan fingerprint density at radius 1 is 0.935 bits per heavy atom. The topological polar surface area (TPSA) is 112 Å². The number of rotatable bonds is 8. The first-order chi connectivity index (χ1) is 21.7. The fourth-order valence-electron chi connectivity index (χ4n) is 6.39. The number of piperazine rings is 1. The van der Waals surface area contributed by atoms with Crippen molar-refractivity contribution in [3.63, 3.8) is 0 Å². The number of primary amides is 1. The van der Waals surface area contributed by atoms with E-state index in [0.717, 1.165) is 11.1 Å². The van der Waals surface area contributed by atoms with Crippen LogP contribution in [0.25, 0.3) is 0 Å². The van der Waals surface area contributed by atoms with Crippen LogP contribution in [0.15, 0.2) is 71.7 Å². The molecule has 9 nitrogen and oxygen atoms in total. The Kier molecular flexibility index (Phi) is 9.44. The molecule has 0 saturated carbocycles. The van der Waals surface area contributed by atoms with E-state index in [1.165, 1.54) is 0 Å². The Morgan fingerprint density at radius 2 is 1.50 bits per heavy atom. The van der Waals surface area contributed by atoms with Gasteiger partial charge in [-0.25, -0.2) is 4.79 Å². The minimum absolute atomic E-state index is 0.140. The van der Waals surface area contributed by atoms with Crippen LogP contribution < -0.4 is 10.5 Å². The number of halogens is 2. The lowest BCUT2D eigenvalue weighted by molar-refractivity contribution is -0.119. The van der Waals surface area contributed by atoms with Gasteiger partial charge in [-0.2, -0.15) is 0 Å². The summed E-state index contributed by atoms with van der Waals surface area (Å²) in [6, 6.07) is 20.3. The second-order valence-electron chi connectivity index (χ2n) is 12.6. The van der Waals surface area contributed by atoms with E-state index in [0.29, 0.717) is 65.5 Å². The summed E-state index contributed by atoms with van der Waals surface area (Å²) in [5, 5.41) is 12.0. The highest BCUT2D eigenvalue weighted by Crippen LogP contribution is 2.54. The van der Waals surface area contributed by atoms with Crippen LogP contribution in [0.4, 0.5) is 4.79 Å². The van der Waals surface area contributed by atoms with E-state index < -0.39 is 22.6 Å². The monoisotopic (exact) mass is 665 g/mol. The van der Waals surface area contributed by atoms with Crippen LogP contribution in [0.3, 0.4) is 0 Å². The van der Waals surface area contributed by atoms with Crippen molar-refractivity contribution in [2.75, 3.05) is 39.3 Å². The van der Waals surface area contributed by atoms with Gasteiger partial charge in [0.1, 0.15) is 22.7 Å². The second kappa shape index (κ2) is 12.9. The third-order valence-corrected chi connectivity index (χ3v) is 9.70. The van der Waals surface area contributed by atoms with Gasteiger partial charge in [-0.05, 0) is 87.7 Å². The van der Waals surface area contributed by atoms with Gasteiger partial charge in [0.15, 0.2) is 0 Å². The average molecular weight is 667 g/mol. The van der Waals surface area contributed by atoms with Crippen molar-refractivity contribution in [1.82, 2.24) is 14.7 Å². The van der Waals surface area contributed by atoms with Gasteiger partial charge in [-0.3, -0.25) is 19.6 Å². The van der Waals surface area contributed by atoms with E-state index >= 15 is 0 Å². The van der Waals surface area contributed by atoms with E-state index in [-0.39, 0.29) is 12.6 Å². The molecule has 0 aromatic heterocycles. The SMILES string of the molecule is CCOc1cc(C(C)(C)O)ccc1C1=N[C@@](C)(c2ccc(Cl)cc2)[C@@](C)(c2ccc(Cl)cc2)N1C(=O)N1CCN(CC(N)=O)CC1. The van der Waals surface area contributed by atoms with Crippen molar-refractivity contribution in [3.05, 3.63) is 99.0 Å². The normalized spacial score (nSPS) is 22.1. The molecule has 3 N–H and O–H groups in total. The number of nitrogens with zero attached hydrogens (tertiary/aromatic N) is 4. The Morgan fingerprint density at radius 3 is 2.02 bits per heavy atom. The zero-order valence-electron chi connectivity index (χ0n) is 26.9. The van der Waals surface area contributed by atoms with Crippen molar-refractivity contribution < 1.29 is 19.4 Å². The molecule has 5 rings (SSSR count). The number of benzene rings is 3. The second-order valence-corrected chi connectivity index (χ2v) is 13.5. The molecule has 3 aromatic carbocycles. The molecule has 46 heavy (non-hydrogen) atoms. The van der Waals surface area contributed by atoms with Crippen molar-refractivity contribution >= 4 is 41.0 Å². The molecule has 2 atom stereocenters. The van der Waals surface area contributed by atoms with Crippen LogP contribution in [0.1, 0.15) is 56.9 Å². The molecular formula is C35H41Cl2N5O4. The van der Waals surface area contributed by atoms with Gasteiger partial charge in [-0.1, -0.05) is 53.5 Å². The molecule has 2 aliphatic heterocycles. The molecule has 3 amide bonds. The van der Waals surface area contributed by atoms with Gasteiger partial charge in [-0.15, -0.1) is 0 Å². The highest BCUT2D eigenvalue weighted by molar-refractivity contribution is 6.30. The molecule has 3 aromatic rings. The molecule has 2 aliphatic rings. The zero-order chi connectivity index (χ0) is 33.4. The summed E-state index contributed by atoms with van der Waals surface area (Å²) in [6.45, 7) is 11.7. The lowest BCUT2D eigenvalue weighted by Gasteiger charge is -2.47. The van der Waals surface area contributed by atoms with Crippen molar-refractivity contribution in [3.8, 4) is 5.75 Å². The number of nitrogens with two attached hydrogens (primary N) is 1. The quantitative estimate of drug-likeness (QED) is 0.319. The molecule has 0 radical (unpaired) electrons. The molecule has 0 aliphatic carbocycles. The van der Waals surface area contributed by atoms with Crippen LogP contribution in [0, 0.1) is 0 Å². The minimum Gasteiger partial charge on any atom is -0.493 e. The number of hydrogen-bond acceptors (Lipinski definition) is 6. The third kappa shape index (κ3) is 6.21. The predicted octanol–water partition coefficient (Wildman–Crippen LogP) is 5.74. The highest BCUT2D eigenvalue weighted by Gasteiger charge is 2.60. The number of carbonyl (C=O) groups excluding carboxylic acids is 2. The smallest absolute Gasteiger partial charge is 0.326 e. The number of amidine groups is 1. The van der Waals surface area contributed by atoms with Crippen molar-refractivity contribution in [1.29, 1.82) is 0 Å². The third-order valence-electron chi connectivity index (χ3n) is 9.19. The van der Waals surface area contributed by atoms with Gasteiger partial charge in [0, 0.05) is 36.2 Å². The number of amides is 3. The standard InChI is InChI=1S/C35H41Cl2N5O4/c1-6-46-29-21-25(33(2,3)45)11-16-28(29)31-39-34(4,23-7-12-26(36)13-8-23)35(5,24-9-14-27(37)15-10-24)42(31)32(44)41-19-17-40(18-20-41)22-30(38)43/h7-16,21,45H,6,17-20,22H2,1-5H3,(H2,38,43)/t34-,35+/m0/s1. The maximum absolute atomic E-state index is 15.0. The molecule has 0 spiro atoms. The lowest BCUT2D eigenvalue weighted by Crippen LogP contribution is -2.61. The van der Waals surface area contributed by atoms with Crippen LogP contribution in [0.2, 0.25) is 10.0 Å².